The Kier molecular flexibility index (Phi) is 3.75. The summed E-state index contributed by atoms with van der Waals surface area (Å²) in [7, 11) is 0. The third kappa shape index (κ3) is 2.87. The lowest BCUT2D eigenvalue weighted by Crippen LogP contribution is -2.45. The molecule has 0 saturated carbocycles. The van der Waals surface area contributed by atoms with Crippen molar-refractivity contribution in [2.75, 3.05) is 13.1 Å². The molecule has 1 atom stereocenters. The van der Waals surface area contributed by atoms with Gasteiger partial charge >= 0.3 is 0 Å². The van der Waals surface area contributed by atoms with Crippen molar-refractivity contribution in [3.63, 3.8) is 0 Å². The summed E-state index contributed by atoms with van der Waals surface area (Å²) in [5.41, 5.74) is 5.17. The average Bonchev–Trinajstić information content (AvgIpc) is 2.37. The molecule has 0 unspecified atom stereocenters. The predicted molar refractivity (Wildman–Crippen MR) is 66.2 cm³/mol. The summed E-state index contributed by atoms with van der Waals surface area (Å²) < 4.78 is 13.0. The number of hydrogen-bond acceptors (Lipinski definition) is 4. The Morgan fingerprint density at radius 1 is 1.53 bits per heavy atom. The van der Waals surface area contributed by atoms with Gasteiger partial charge in [0.05, 0.1) is 11.0 Å². The lowest BCUT2D eigenvalue weighted by Gasteiger charge is -2.30. The molecule has 1 aliphatic rings. The molecule has 0 radical (unpaired) electrons. The van der Waals surface area contributed by atoms with Crippen LogP contribution in [0.4, 0.5) is 10.1 Å². The molecule has 7 heteroatoms. The Morgan fingerprint density at radius 3 is 2.89 bits per heavy atom. The maximum Gasteiger partial charge on any atom is 0.285 e. The predicted octanol–water partition coefficient (Wildman–Crippen LogP) is 1.30. The van der Waals surface area contributed by atoms with E-state index in [0.717, 1.165) is 31.0 Å². The molecule has 1 fully saturated rings. The second-order valence-electron chi connectivity index (χ2n) is 4.57. The van der Waals surface area contributed by atoms with Crippen LogP contribution in [0.1, 0.15) is 23.2 Å². The number of benzene rings is 1. The van der Waals surface area contributed by atoms with Crippen molar-refractivity contribution in [3.05, 3.63) is 39.7 Å². The molecule has 1 aromatic carbocycles. The number of carbonyl (C=O) groups is 1. The van der Waals surface area contributed by atoms with Gasteiger partial charge in [-0.2, -0.15) is 0 Å². The van der Waals surface area contributed by atoms with E-state index in [0.29, 0.717) is 13.1 Å². The molecular formula is C12H14FN3O3. The maximum atomic E-state index is 13.0. The molecule has 1 saturated heterocycles. The average molecular weight is 267 g/mol. The summed E-state index contributed by atoms with van der Waals surface area (Å²) in [5, 5.41) is 10.9. The van der Waals surface area contributed by atoms with Crippen LogP contribution in [-0.2, 0) is 0 Å². The highest BCUT2D eigenvalue weighted by Gasteiger charge is 2.28. The first-order valence-electron chi connectivity index (χ1n) is 5.98. The van der Waals surface area contributed by atoms with E-state index >= 15 is 0 Å². The summed E-state index contributed by atoms with van der Waals surface area (Å²) >= 11 is 0. The van der Waals surface area contributed by atoms with Crippen LogP contribution in [0.25, 0.3) is 0 Å². The maximum absolute atomic E-state index is 13.0. The molecule has 1 aliphatic heterocycles. The summed E-state index contributed by atoms with van der Waals surface area (Å²) in [4.78, 5) is 23.8. The van der Waals surface area contributed by atoms with Gasteiger partial charge in [0, 0.05) is 19.1 Å². The van der Waals surface area contributed by atoms with Crippen molar-refractivity contribution < 1.29 is 14.1 Å². The van der Waals surface area contributed by atoms with E-state index in [9.17, 15) is 19.3 Å². The molecular weight excluding hydrogens is 253 g/mol. The van der Waals surface area contributed by atoms with E-state index in [4.69, 9.17) is 5.73 Å². The number of nitro groups is 1. The second-order valence-corrected chi connectivity index (χ2v) is 4.57. The summed E-state index contributed by atoms with van der Waals surface area (Å²) in [6, 6.07) is 2.84. The van der Waals surface area contributed by atoms with Gasteiger partial charge in [0.2, 0.25) is 0 Å². The van der Waals surface area contributed by atoms with E-state index in [-0.39, 0.29) is 11.6 Å². The monoisotopic (exact) mass is 267 g/mol. The zero-order valence-corrected chi connectivity index (χ0v) is 10.2. The minimum Gasteiger partial charge on any atom is -0.337 e. The molecule has 19 heavy (non-hydrogen) atoms. The van der Waals surface area contributed by atoms with Gasteiger partial charge in [-0.3, -0.25) is 14.9 Å². The van der Waals surface area contributed by atoms with Crippen LogP contribution in [-0.4, -0.2) is 34.9 Å². The summed E-state index contributed by atoms with van der Waals surface area (Å²) in [6.07, 6.45) is 1.59. The molecule has 1 heterocycles. The number of carbonyl (C=O) groups excluding carboxylic acids is 1. The highest BCUT2D eigenvalue weighted by molar-refractivity contribution is 5.98. The van der Waals surface area contributed by atoms with Crippen molar-refractivity contribution in [2.45, 2.75) is 18.9 Å². The Morgan fingerprint density at radius 2 is 2.26 bits per heavy atom. The van der Waals surface area contributed by atoms with Gasteiger partial charge in [-0.1, -0.05) is 0 Å². The summed E-state index contributed by atoms with van der Waals surface area (Å²) in [5.74, 6) is -1.21. The van der Waals surface area contributed by atoms with Crippen molar-refractivity contribution in [3.8, 4) is 0 Å². The van der Waals surface area contributed by atoms with Crippen molar-refractivity contribution >= 4 is 11.6 Å². The van der Waals surface area contributed by atoms with Crippen LogP contribution in [0.15, 0.2) is 18.2 Å². The van der Waals surface area contributed by atoms with Crippen LogP contribution >= 0.6 is 0 Å². The molecule has 0 spiro atoms. The minimum atomic E-state index is -0.750. The van der Waals surface area contributed by atoms with Crippen LogP contribution in [0.3, 0.4) is 0 Å². The van der Waals surface area contributed by atoms with Gasteiger partial charge in [-0.25, -0.2) is 4.39 Å². The molecule has 1 aromatic rings. The Balaban J connectivity index is 2.30. The number of likely N-dealkylation sites (tertiary alicyclic amines) is 1. The molecule has 2 N–H and O–H groups in total. The minimum absolute atomic E-state index is 0.0968. The molecule has 0 bridgehead atoms. The van der Waals surface area contributed by atoms with Gasteiger partial charge in [-0.15, -0.1) is 0 Å². The van der Waals surface area contributed by atoms with E-state index in [1.165, 1.54) is 4.90 Å². The highest BCUT2D eigenvalue weighted by Crippen LogP contribution is 2.22. The topological polar surface area (TPSA) is 89.5 Å². The number of amides is 1. The normalized spacial score (nSPS) is 19.3. The van der Waals surface area contributed by atoms with E-state index in [1.54, 1.807) is 0 Å². The van der Waals surface area contributed by atoms with E-state index < -0.39 is 22.3 Å². The van der Waals surface area contributed by atoms with Gasteiger partial charge < -0.3 is 10.6 Å². The van der Waals surface area contributed by atoms with Gasteiger partial charge in [0.25, 0.3) is 11.6 Å². The second kappa shape index (κ2) is 5.31. The molecule has 0 aromatic heterocycles. The Hall–Kier alpha value is -2.02. The van der Waals surface area contributed by atoms with Crippen molar-refractivity contribution in [1.82, 2.24) is 4.90 Å². The fraction of sp³-hybridized carbons (Fsp3) is 0.417. The first kappa shape index (κ1) is 13.4. The molecule has 102 valence electrons. The Labute approximate surface area is 109 Å². The fourth-order valence-electron chi connectivity index (χ4n) is 2.20. The number of piperidine rings is 1. The third-order valence-electron chi connectivity index (χ3n) is 3.13. The number of halogens is 1. The van der Waals surface area contributed by atoms with Crippen LogP contribution in [0, 0.1) is 15.9 Å². The third-order valence-corrected chi connectivity index (χ3v) is 3.13. The lowest BCUT2D eigenvalue weighted by atomic mass is 10.0. The summed E-state index contributed by atoms with van der Waals surface area (Å²) in [6.45, 7) is 0.883. The zero-order chi connectivity index (χ0) is 14.0. The number of hydrogen-bond donors (Lipinski definition) is 1. The SMILES string of the molecule is N[C@@H]1CCCN(C(=O)c2ccc(F)cc2[N+](=O)[O-])C1. The standard InChI is InChI=1S/C12H14FN3O3/c13-8-3-4-10(11(6-8)16(18)19)12(17)15-5-1-2-9(14)7-15/h3-4,6,9H,1-2,5,7,14H2/t9-/m1/s1. The van der Waals surface area contributed by atoms with Gasteiger partial charge in [-0.05, 0) is 25.0 Å². The first-order valence-corrected chi connectivity index (χ1v) is 5.98. The quantitative estimate of drug-likeness (QED) is 0.646. The smallest absolute Gasteiger partial charge is 0.285 e. The molecule has 2 rings (SSSR count). The fourth-order valence-corrected chi connectivity index (χ4v) is 2.20. The number of nitro benzene ring substituents is 1. The first-order chi connectivity index (χ1) is 8.99. The van der Waals surface area contributed by atoms with E-state index in [1.807, 2.05) is 0 Å². The highest BCUT2D eigenvalue weighted by atomic mass is 19.1. The van der Waals surface area contributed by atoms with E-state index in [2.05, 4.69) is 0 Å². The Bertz CT molecular complexity index is 521. The van der Waals surface area contributed by atoms with Gasteiger partial charge in [0.15, 0.2) is 0 Å². The van der Waals surface area contributed by atoms with Crippen molar-refractivity contribution in [2.24, 2.45) is 5.73 Å². The van der Waals surface area contributed by atoms with Crippen LogP contribution in [0.5, 0.6) is 0 Å². The number of nitrogens with zero attached hydrogens (tertiary/aromatic N) is 2. The molecule has 1 amide bonds. The molecule has 6 nitrogen and oxygen atoms in total. The number of nitrogens with two attached hydrogens (primary N) is 1. The zero-order valence-electron chi connectivity index (χ0n) is 10.2. The van der Waals surface area contributed by atoms with Gasteiger partial charge in [0.1, 0.15) is 11.4 Å². The lowest BCUT2D eigenvalue weighted by molar-refractivity contribution is -0.385. The number of rotatable bonds is 2. The largest absolute Gasteiger partial charge is 0.337 e. The van der Waals surface area contributed by atoms with Crippen molar-refractivity contribution in [1.29, 1.82) is 0 Å². The molecule has 0 aliphatic carbocycles. The van der Waals surface area contributed by atoms with Crippen LogP contribution < -0.4 is 5.73 Å². The van der Waals surface area contributed by atoms with Crippen LogP contribution in [0.2, 0.25) is 0 Å².